The topological polar surface area (TPSA) is 15.7 Å². The van der Waals surface area contributed by atoms with E-state index in [0.717, 1.165) is 25.8 Å². The van der Waals surface area contributed by atoms with Crippen LogP contribution in [0.3, 0.4) is 0 Å². The summed E-state index contributed by atoms with van der Waals surface area (Å²) < 4.78 is 5.55. The third-order valence-electron chi connectivity index (χ3n) is 5.37. The number of hydrogen-bond acceptors (Lipinski definition) is 3. The van der Waals surface area contributed by atoms with Gasteiger partial charge in [0.15, 0.2) is 0 Å². The normalized spacial score (nSPS) is 28.8. The number of benzene rings is 1. The predicted molar refractivity (Wildman–Crippen MR) is 90.9 cm³/mol. The first kappa shape index (κ1) is 16.0. The molecule has 0 N–H and O–H groups in total. The van der Waals surface area contributed by atoms with Gasteiger partial charge in [0, 0.05) is 51.0 Å². The first-order valence-electron chi connectivity index (χ1n) is 8.89. The molecule has 0 aromatic heterocycles. The molecule has 3 nitrogen and oxygen atoms in total. The number of hydrogen-bond donors (Lipinski definition) is 0. The Kier molecular flexibility index (Phi) is 5.51. The summed E-state index contributed by atoms with van der Waals surface area (Å²) in [6, 6.07) is 13.0. The highest BCUT2D eigenvalue weighted by molar-refractivity contribution is 5.15. The second-order valence-corrected chi connectivity index (χ2v) is 6.87. The number of nitrogens with zero attached hydrogens (tertiary/aromatic N) is 2. The minimum atomic E-state index is 0.630. The van der Waals surface area contributed by atoms with Gasteiger partial charge in [-0.3, -0.25) is 9.80 Å². The van der Waals surface area contributed by atoms with Gasteiger partial charge < -0.3 is 4.74 Å². The zero-order chi connectivity index (χ0) is 15.4. The Morgan fingerprint density at radius 2 is 1.82 bits per heavy atom. The third-order valence-corrected chi connectivity index (χ3v) is 5.37. The van der Waals surface area contributed by atoms with Crippen molar-refractivity contribution in [1.29, 1.82) is 0 Å². The van der Waals surface area contributed by atoms with Crippen LogP contribution in [0.15, 0.2) is 30.3 Å². The van der Waals surface area contributed by atoms with Crippen LogP contribution >= 0.6 is 0 Å². The van der Waals surface area contributed by atoms with E-state index in [2.05, 4.69) is 54.0 Å². The summed E-state index contributed by atoms with van der Waals surface area (Å²) in [6.45, 7) is 10.1. The molecule has 2 atom stereocenters. The number of rotatable bonds is 4. The molecule has 0 bridgehead atoms. The molecule has 1 aromatic rings. The minimum absolute atomic E-state index is 0.630. The Morgan fingerprint density at radius 3 is 2.50 bits per heavy atom. The van der Waals surface area contributed by atoms with Crippen LogP contribution in [0.1, 0.15) is 38.7 Å². The Morgan fingerprint density at radius 1 is 1.09 bits per heavy atom. The highest BCUT2D eigenvalue weighted by Crippen LogP contribution is 2.25. The molecule has 2 heterocycles. The molecule has 0 aliphatic carbocycles. The van der Waals surface area contributed by atoms with Crippen LogP contribution in [0, 0.1) is 0 Å². The van der Waals surface area contributed by atoms with Crippen LogP contribution in [0.5, 0.6) is 0 Å². The lowest BCUT2D eigenvalue weighted by Crippen LogP contribution is -2.60. The first-order valence-corrected chi connectivity index (χ1v) is 8.89. The Hall–Kier alpha value is -0.900. The summed E-state index contributed by atoms with van der Waals surface area (Å²) in [5.41, 5.74) is 1.43. The zero-order valence-electron chi connectivity index (χ0n) is 14.1. The Balaban J connectivity index is 1.65. The Bertz CT molecular complexity index is 444. The van der Waals surface area contributed by atoms with E-state index < -0.39 is 0 Å². The van der Waals surface area contributed by atoms with Gasteiger partial charge in [0.05, 0.1) is 0 Å². The number of piperazine rings is 1. The van der Waals surface area contributed by atoms with Crippen molar-refractivity contribution in [1.82, 2.24) is 9.80 Å². The smallest absolute Gasteiger partial charge is 0.0480 e. The van der Waals surface area contributed by atoms with Crippen LogP contribution in [-0.4, -0.2) is 54.2 Å². The fraction of sp³-hybridized carbons (Fsp3) is 0.684. The summed E-state index contributed by atoms with van der Waals surface area (Å²) in [5.74, 6) is 0. The standard InChI is InChI=1S/C19H30N2O/c1-3-18-15-20(14-17-7-5-4-6-8-17)16(2)13-21(18)19-9-11-22-12-10-19/h4-8,16,18-19H,3,9-15H2,1-2H3/t16-,18+/m0/s1. The lowest BCUT2D eigenvalue weighted by Gasteiger charge is -2.49. The van der Waals surface area contributed by atoms with E-state index in [-0.39, 0.29) is 0 Å². The van der Waals surface area contributed by atoms with Gasteiger partial charge in [-0.1, -0.05) is 37.3 Å². The van der Waals surface area contributed by atoms with Gasteiger partial charge in [-0.05, 0) is 31.7 Å². The molecule has 2 fully saturated rings. The van der Waals surface area contributed by atoms with E-state index in [9.17, 15) is 0 Å². The summed E-state index contributed by atoms with van der Waals surface area (Å²) in [6.07, 6.45) is 3.67. The van der Waals surface area contributed by atoms with Crippen LogP contribution < -0.4 is 0 Å². The summed E-state index contributed by atoms with van der Waals surface area (Å²) in [5, 5.41) is 0. The molecule has 0 saturated carbocycles. The quantitative estimate of drug-likeness (QED) is 0.850. The van der Waals surface area contributed by atoms with E-state index in [1.165, 1.54) is 37.9 Å². The molecule has 0 unspecified atom stereocenters. The van der Waals surface area contributed by atoms with Crippen LogP contribution in [-0.2, 0) is 11.3 Å². The number of ether oxygens (including phenoxy) is 1. The Labute approximate surface area is 135 Å². The molecule has 2 saturated heterocycles. The van der Waals surface area contributed by atoms with Crippen molar-refractivity contribution in [3.05, 3.63) is 35.9 Å². The van der Waals surface area contributed by atoms with Crippen molar-refractivity contribution in [2.24, 2.45) is 0 Å². The fourth-order valence-electron chi connectivity index (χ4n) is 3.99. The monoisotopic (exact) mass is 302 g/mol. The summed E-state index contributed by atoms with van der Waals surface area (Å²) in [4.78, 5) is 5.45. The van der Waals surface area contributed by atoms with Crippen molar-refractivity contribution in [3.8, 4) is 0 Å². The van der Waals surface area contributed by atoms with Gasteiger partial charge in [-0.25, -0.2) is 0 Å². The van der Waals surface area contributed by atoms with Crippen molar-refractivity contribution in [2.45, 2.75) is 57.8 Å². The molecule has 22 heavy (non-hydrogen) atoms. The maximum atomic E-state index is 5.55. The molecule has 0 spiro atoms. The predicted octanol–water partition coefficient (Wildman–Crippen LogP) is 3.15. The van der Waals surface area contributed by atoms with Crippen molar-refractivity contribution < 1.29 is 4.74 Å². The minimum Gasteiger partial charge on any atom is -0.381 e. The zero-order valence-corrected chi connectivity index (χ0v) is 14.1. The van der Waals surface area contributed by atoms with Crippen LogP contribution in [0.2, 0.25) is 0 Å². The van der Waals surface area contributed by atoms with Gasteiger partial charge in [0.25, 0.3) is 0 Å². The summed E-state index contributed by atoms with van der Waals surface area (Å²) in [7, 11) is 0. The second kappa shape index (κ2) is 7.58. The fourth-order valence-corrected chi connectivity index (χ4v) is 3.99. The third kappa shape index (κ3) is 3.70. The molecule has 2 aliphatic heterocycles. The first-order chi connectivity index (χ1) is 10.8. The van der Waals surface area contributed by atoms with Gasteiger partial charge in [-0.2, -0.15) is 0 Å². The highest BCUT2D eigenvalue weighted by Gasteiger charge is 2.35. The van der Waals surface area contributed by atoms with Gasteiger partial charge in [-0.15, -0.1) is 0 Å². The van der Waals surface area contributed by atoms with E-state index in [4.69, 9.17) is 4.74 Å². The largest absolute Gasteiger partial charge is 0.381 e. The van der Waals surface area contributed by atoms with Crippen molar-refractivity contribution in [2.75, 3.05) is 26.3 Å². The SMILES string of the molecule is CC[C@@H]1CN(Cc2ccccc2)[C@@H](C)CN1C1CCOCC1. The van der Waals surface area contributed by atoms with E-state index in [1.54, 1.807) is 0 Å². The lowest BCUT2D eigenvalue weighted by atomic mass is 9.97. The van der Waals surface area contributed by atoms with Gasteiger partial charge >= 0.3 is 0 Å². The van der Waals surface area contributed by atoms with Crippen molar-refractivity contribution >= 4 is 0 Å². The molecular formula is C19H30N2O. The summed E-state index contributed by atoms with van der Waals surface area (Å²) >= 11 is 0. The molecular weight excluding hydrogens is 272 g/mol. The second-order valence-electron chi connectivity index (χ2n) is 6.87. The lowest BCUT2D eigenvalue weighted by molar-refractivity contribution is -0.0356. The van der Waals surface area contributed by atoms with E-state index >= 15 is 0 Å². The van der Waals surface area contributed by atoms with Crippen molar-refractivity contribution in [3.63, 3.8) is 0 Å². The molecule has 122 valence electrons. The highest BCUT2D eigenvalue weighted by atomic mass is 16.5. The average Bonchev–Trinajstić information content (AvgIpc) is 2.58. The van der Waals surface area contributed by atoms with E-state index in [0.29, 0.717) is 12.1 Å². The average molecular weight is 302 g/mol. The molecule has 1 aromatic carbocycles. The van der Waals surface area contributed by atoms with Gasteiger partial charge in [0.2, 0.25) is 0 Å². The maximum Gasteiger partial charge on any atom is 0.0480 e. The van der Waals surface area contributed by atoms with Crippen LogP contribution in [0.4, 0.5) is 0 Å². The van der Waals surface area contributed by atoms with Gasteiger partial charge in [0.1, 0.15) is 0 Å². The molecule has 0 radical (unpaired) electrons. The maximum absolute atomic E-state index is 5.55. The molecule has 3 rings (SSSR count). The molecule has 2 aliphatic rings. The molecule has 0 amide bonds. The van der Waals surface area contributed by atoms with E-state index in [1.807, 2.05) is 0 Å². The molecule has 3 heteroatoms. The van der Waals surface area contributed by atoms with Crippen LogP contribution in [0.25, 0.3) is 0 Å².